The van der Waals surface area contributed by atoms with Crippen LogP contribution in [0.4, 0.5) is 0 Å². The molecule has 0 saturated carbocycles. The average Bonchev–Trinajstić information content (AvgIpc) is 2.21. The topological polar surface area (TPSA) is 55.8 Å². The van der Waals surface area contributed by atoms with Gasteiger partial charge in [0.2, 0.25) is 0 Å². The van der Waals surface area contributed by atoms with Crippen LogP contribution in [0.25, 0.3) is 0 Å². The summed E-state index contributed by atoms with van der Waals surface area (Å²) in [4.78, 5) is 22.0. The van der Waals surface area contributed by atoms with Gasteiger partial charge in [0.25, 0.3) is 0 Å². The molecule has 0 radical (unpaired) electrons. The zero-order chi connectivity index (χ0) is 13.5. The van der Waals surface area contributed by atoms with E-state index in [1.807, 2.05) is 34.6 Å². The molecule has 1 N–H and O–H groups in total. The molecule has 0 bridgehead atoms. The Balaban J connectivity index is 4.71. The highest BCUT2D eigenvalue weighted by atomic mass is 17.2. The molecule has 0 fully saturated rings. The molecule has 17 heavy (non-hydrogen) atoms. The maximum atomic E-state index is 11.4. The Morgan fingerprint density at radius 2 is 1.65 bits per heavy atom. The summed E-state index contributed by atoms with van der Waals surface area (Å²) in [5, 5.41) is 9.37. The molecule has 4 nitrogen and oxygen atoms in total. The Bertz CT molecular complexity index is 232. The van der Waals surface area contributed by atoms with E-state index in [2.05, 4.69) is 0 Å². The third-order valence-corrected chi connectivity index (χ3v) is 2.43. The maximum absolute atomic E-state index is 11.4. The molecule has 0 heterocycles. The number of carboxylic acids is 1. The van der Waals surface area contributed by atoms with E-state index in [1.54, 1.807) is 0 Å². The number of aliphatic carboxylic acids is 1. The van der Waals surface area contributed by atoms with Crippen molar-refractivity contribution in [2.45, 2.75) is 77.9 Å². The molecular formula is C13H26O4. The molecule has 0 spiro atoms. The highest BCUT2D eigenvalue weighted by Gasteiger charge is 2.41. The van der Waals surface area contributed by atoms with E-state index in [0.29, 0.717) is 12.8 Å². The quantitative estimate of drug-likeness (QED) is 0.525. The Kier molecular flexibility index (Phi) is 6.72. The fourth-order valence-corrected chi connectivity index (χ4v) is 1.53. The summed E-state index contributed by atoms with van der Waals surface area (Å²) in [6.07, 6.45) is 3.47. The van der Waals surface area contributed by atoms with Crippen molar-refractivity contribution in [3.8, 4) is 0 Å². The lowest BCUT2D eigenvalue weighted by atomic mass is 9.92. The van der Waals surface area contributed by atoms with E-state index in [9.17, 15) is 9.90 Å². The molecule has 1 atom stereocenters. The van der Waals surface area contributed by atoms with Crippen molar-refractivity contribution in [2.75, 3.05) is 0 Å². The van der Waals surface area contributed by atoms with Crippen molar-refractivity contribution < 1.29 is 19.7 Å². The lowest BCUT2D eigenvalue weighted by Crippen LogP contribution is -2.43. The van der Waals surface area contributed by atoms with Crippen LogP contribution in [0.1, 0.15) is 66.7 Å². The summed E-state index contributed by atoms with van der Waals surface area (Å²) < 4.78 is 0. The minimum Gasteiger partial charge on any atom is -0.479 e. The van der Waals surface area contributed by atoms with Crippen LogP contribution in [0, 0.1) is 0 Å². The van der Waals surface area contributed by atoms with Crippen LogP contribution in [0.2, 0.25) is 0 Å². The summed E-state index contributed by atoms with van der Waals surface area (Å²) in [6, 6.07) is 0. The minimum atomic E-state index is -1.20. The van der Waals surface area contributed by atoms with Gasteiger partial charge in [-0.1, -0.05) is 33.1 Å². The van der Waals surface area contributed by atoms with Gasteiger partial charge in [0.1, 0.15) is 0 Å². The monoisotopic (exact) mass is 246 g/mol. The van der Waals surface area contributed by atoms with E-state index in [-0.39, 0.29) is 0 Å². The van der Waals surface area contributed by atoms with Gasteiger partial charge in [-0.3, -0.25) is 0 Å². The number of unbranched alkanes of at least 4 members (excludes halogenated alkanes) is 1. The molecule has 0 saturated heterocycles. The molecule has 0 aliphatic rings. The lowest BCUT2D eigenvalue weighted by molar-refractivity contribution is -0.398. The van der Waals surface area contributed by atoms with Crippen LogP contribution in [0.15, 0.2) is 0 Å². The minimum absolute atomic E-state index is 0.471. The Hall–Kier alpha value is -0.610. The molecule has 0 aromatic heterocycles. The number of carbonyl (C=O) groups is 1. The number of hydrogen-bond donors (Lipinski definition) is 1. The van der Waals surface area contributed by atoms with Crippen molar-refractivity contribution in [2.24, 2.45) is 0 Å². The van der Waals surface area contributed by atoms with Crippen molar-refractivity contribution in [3.05, 3.63) is 0 Å². The van der Waals surface area contributed by atoms with Crippen molar-refractivity contribution in [1.82, 2.24) is 0 Å². The molecule has 0 aliphatic heterocycles. The second-order valence-corrected chi connectivity index (χ2v) is 5.43. The average molecular weight is 246 g/mol. The van der Waals surface area contributed by atoms with Crippen LogP contribution < -0.4 is 0 Å². The fraction of sp³-hybridized carbons (Fsp3) is 0.923. The van der Waals surface area contributed by atoms with Gasteiger partial charge >= 0.3 is 5.97 Å². The molecule has 102 valence electrons. The normalized spacial score (nSPS) is 15.6. The van der Waals surface area contributed by atoms with E-state index in [4.69, 9.17) is 9.78 Å². The summed E-state index contributed by atoms with van der Waals surface area (Å²) in [7, 11) is 0. The molecule has 4 heteroatoms. The molecule has 0 aromatic rings. The van der Waals surface area contributed by atoms with Crippen LogP contribution in [0.3, 0.4) is 0 Å². The standard InChI is InChI=1S/C13H26O4/c1-6-8-10-13(9-7-2,11(14)15)17-16-12(3,4)5/h6-10H2,1-5H3,(H,14,15). The van der Waals surface area contributed by atoms with Gasteiger partial charge in [0, 0.05) is 0 Å². The predicted molar refractivity (Wildman–Crippen MR) is 66.7 cm³/mol. The third kappa shape index (κ3) is 6.03. The van der Waals surface area contributed by atoms with Gasteiger partial charge in [0.15, 0.2) is 5.60 Å². The van der Waals surface area contributed by atoms with Crippen LogP contribution in [-0.4, -0.2) is 22.3 Å². The van der Waals surface area contributed by atoms with Gasteiger partial charge in [-0.05, 0) is 33.6 Å². The second kappa shape index (κ2) is 6.97. The predicted octanol–water partition coefficient (Wildman–Crippen LogP) is 3.55. The lowest BCUT2D eigenvalue weighted by Gasteiger charge is -2.31. The molecular weight excluding hydrogens is 220 g/mol. The number of carboxylic acid groups (broad SMARTS) is 1. The zero-order valence-corrected chi connectivity index (χ0v) is 11.7. The SMILES string of the molecule is CCCCC(CCC)(OOC(C)(C)C)C(=O)O. The van der Waals surface area contributed by atoms with Crippen LogP contribution in [-0.2, 0) is 14.6 Å². The summed E-state index contributed by atoms with van der Waals surface area (Å²) in [5.41, 5.74) is -1.70. The Labute approximate surface area is 104 Å². The first kappa shape index (κ1) is 16.4. The van der Waals surface area contributed by atoms with Gasteiger partial charge in [-0.25, -0.2) is 14.6 Å². The highest BCUT2D eigenvalue weighted by Crippen LogP contribution is 2.28. The fourth-order valence-electron chi connectivity index (χ4n) is 1.53. The molecule has 0 rings (SSSR count). The third-order valence-electron chi connectivity index (χ3n) is 2.43. The van der Waals surface area contributed by atoms with Crippen LogP contribution >= 0.6 is 0 Å². The van der Waals surface area contributed by atoms with Crippen molar-refractivity contribution in [1.29, 1.82) is 0 Å². The number of hydrogen-bond acceptors (Lipinski definition) is 3. The van der Waals surface area contributed by atoms with E-state index in [1.165, 1.54) is 0 Å². The van der Waals surface area contributed by atoms with Crippen LogP contribution in [0.5, 0.6) is 0 Å². The first-order valence-corrected chi connectivity index (χ1v) is 6.37. The van der Waals surface area contributed by atoms with E-state index in [0.717, 1.165) is 19.3 Å². The number of rotatable bonds is 8. The van der Waals surface area contributed by atoms with Gasteiger partial charge in [-0.15, -0.1) is 0 Å². The van der Waals surface area contributed by atoms with Gasteiger partial charge in [-0.2, -0.15) is 0 Å². The zero-order valence-electron chi connectivity index (χ0n) is 11.7. The van der Waals surface area contributed by atoms with Crippen molar-refractivity contribution in [3.63, 3.8) is 0 Å². The Morgan fingerprint density at radius 1 is 1.06 bits per heavy atom. The second-order valence-electron chi connectivity index (χ2n) is 5.43. The first-order chi connectivity index (χ1) is 7.77. The van der Waals surface area contributed by atoms with E-state index < -0.39 is 17.2 Å². The highest BCUT2D eigenvalue weighted by molar-refractivity contribution is 5.77. The first-order valence-electron chi connectivity index (χ1n) is 6.37. The van der Waals surface area contributed by atoms with Gasteiger partial charge < -0.3 is 5.11 Å². The molecule has 0 amide bonds. The summed E-state index contributed by atoms with van der Waals surface area (Å²) >= 11 is 0. The Morgan fingerprint density at radius 3 is 2.00 bits per heavy atom. The molecule has 1 unspecified atom stereocenters. The smallest absolute Gasteiger partial charge is 0.339 e. The van der Waals surface area contributed by atoms with Crippen molar-refractivity contribution >= 4 is 5.97 Å². The van der Waals surface area contributed by atoms with Gasteiger partial charge in [0.05, 0.1) is 5.60 Å². The summed E-state index contributed by atoms with van der Waals surface area (Å²) in [5.74, 6) is -0.933. The molecule has 0 aromatic carbocycles. The maximum Gasteiger partial charge on any atom is 0.339 e. The van der Waals surface area contributed by atoms with E-state index >= 15 is 0 Å². The summed E-state index contributed by atoms with van der Waals surface area (Å²) in [6.45, 7) is 9.50. The molecule has 0 aliphatic carbocycles. The largest absolute Gasteiger partial charge is 0.479 e.